The molecule has 20 heavy (non-hydrogen) atoms. The molecule has 0 spiro atoms. The second-order valence-electron chi connectivity index (χ2n) is 6.07. The molecule has 1 aliphatic heterocycles. The quantitative estimate of drug-likeness (QED) is 0.828. The van der Waals surface area contributed by atoms with Gasteiger partial charge in [-0.2, -0.15) is 0 Å². The van der Waals surface area contributed by atoms with Gasteiger partial charge in [0.05, 0.1) is 17.7 Å². The van der Waals surface area contributed by atoms with Crippen molar-refractivity contribution >= 4 is 5.91 Å². The molecule has 0 bridgehead atoms. The molecule has 1 atom stereocenters. The van der Waals surface area contributed by atoms with Gasteiger partial charge >= 0.3 is 0 Å². The Labute approximate surface area is 120 Å². The van der Waals surface area contributed by atoms with Gasteiger partial charge in [0.1, 0.15) is 5.76 Å². The predicted molar refractivity (Wildman–Crippen MR) is 78.1 cm³/mol. The minimum absolute atomic E-state index is 0.00393. The summed E-state index contributed by atoms with van der Waals surface area (Å²) in [6, 6.07) is 3.98. The van der Waals surface area contributed by atoms with Gasteiger partial charge in [-0.3, -0.25) is 9.69 Å². The van der Waals surface area contributed by atoms with Crippen molar-refractivity contribution in [3.05, 3.63) is 24.2 Å². The second kappa shape index (κ2) is 6.41. The third-order valence-corrected chi connectivity index (χ3v) is 4.03. The molecular formula is C15H25N3O2. The molecule has 1 unspecified atom stereocenters. The first-order chi connectivity index (χ1) is 9.54. The fourth-order valence-electron chi connectivity index (χ4n) is 2.47. The molecule has 0 saturated carbocycles. The fourth-order valence-corrected chi connectivity index (χ4v) is 2.47. The van der Waals surface area contributed by atoms with Gasteiger partial charge in [0.2, 0.25) is 5.91 Å². The van der Waals surface area contributed by atoms with Gasteiger partial charge in [-0.15, -0.1) is 0 Å². The van der Waals surface area contributed by atoms with E-state index >= 15 is 0 Å². The van der Waals surface area contributed by atoms with Gasteiger partial charge < -0.3 is 15.5 Å². The van der Waals surface area contributed by atoms with Gasteiger partial charge in [-0.1, -0.05) is 0 Å². The highest BCUT2D eigenvalue weighted by Gasteiger charge is 2.29. The maximum atomic E-state index is 12.1. The average Bonchev–Trinajstić information content (AvgIpc) is 3.12. The molecule has 5 nitrogen and oxygen atoms in total. The molecule has 1 fully saturated rings. The van der Waals surface area contributed by atoms with Crippen LogP contribution >= 0.6 is 0 Å². The summed E-state index contributed by atoms with van der Waals surface area (Å²) < 4.78 is 5.53. The standard InChI is InChI=1S/C15H25N3O2/c1-15(2,11-16)14(19)17-10-12(13-6-5-9-20-13)18-7-3-4-8-18/h5-6,9,12H,3-4,7-8,10-11,16H2,1-2H3,(H,17,19). The maximum Gasteiger partial charge on any atom is 0.227 e. The minimum Gasteiger partial charge on any atom is -0.468 e. The zero-order valence-corrected chi connectivity index (χ0v) is 12.4. The lowest BCUT2D eigenvalue weighted by atomic mass is 9.92. The summed E-state index contributed by atoms with van der Waals surface area (Å²) in [4.78, 5) is 14.5. The SMILES string of the molecule is CC(C)(CN)C(=O)NCC(c1ccco1)N1CCCC1. The number of furan rings is 1. The predicted octanol–water partition coefficient (Wildman–Crippen LogP) is 1.52. The van der Waals surface area contributed by atoms with Crippen LogP contribution in [0.5, 0.6) is 0 Å². The van der Waals surface area contributed by atoms with Gasteiger partial charge in [0.15, 0.2) is 0 Å². The average molecular weight is 279 g/mol. The van der Waals surface area contributed by atoms with E-state index in [1.807, 2.05) is 26.0 Å². The Morgan fingerprint density at radius 3 is 2.75 bits per heavy atom. The molecule has 112 valence electrons. The first-order valence-electron chi connectivity index (χ1n) is 7.30. The van der Waals surface area contributed by atoms with E-state index in [0.717, 1.165) is 18.8 Å². The number of rotatable bonds is 6. The van der Waals surface area contributed by atoms with E-state index in [2.05, 4.69) is 10.2 Å². The normalized spacial score (nSPS) is 18.1. The molecule has 1 saturated heterocycles. The molecule has 0 aromatic carbocycles. The van der Waals surface area contributed by atoms with E-state index in [-0.39, 0.29) is 11.9 Å². The zero-order valence-electron chi connectivity index (χ0n) is 12.4. The number of likely N-dealkylation sites (tertiary alicyclic amines) is 1. The van der Waals surface area contributed by atoms with Crippen LogP contribution in [0.4, 0.5) is 0 Å². The molecule has 2 heterocycles. The lowest BCUT2D eigenvalue weighted by molar-refractivity contribution is -0.129. The first-order valence-corrected chi connectivity index (χ1v) is 7.30. The van der Waals surface area contributed by atoms with Crippen molar-refractivity contribution in [2.45, 2.75) is 32.7 Å². The van der Waals surface area contributed by atoms with Crippen LogP contribution in [0.1, 0.15) is 38.5 Å². The van der Waals surface area contributed by atoms with Crippen molar-refractivity contribution < 1.29 is 9.21 Å². The van der Waals surface area contributed by atoms with Crippen molar-refractivity contribution in [2.75, 3.05) is 26.2 Å². The van der Waals surface area contributed by atoms with Crippen LogP contribution in [0.25, 0.3) is 0 Å². The Bertz CT molecular complexity index is 422. The van der Waals surface area contributed by atoms with Crippen molar-refractivity contribution in [3.8, 4) is 0 Å². The van der Waals surface area contributed by atoms with Gasteiger partial charge in [0.25, 0.3) is 0 Å². The van der Waals surface area contributed by atoms with Crippen molar-refractivity contribution in [1.82, 2.24) is 10.2 Å². The highest BCUT2D eigenvalue weighted by Crippen LogP contribution is 2.25. The summed E-state index contributed by atoms with van der Waals surface area (Å²) >= 11 is 0. The molecule has 0 aliphatic carbocycles. The fraction of sp³-hybridized carbons (Fsp3) is 0.667. The number of nitrogens with two attached hydrogens (primary N) is 1. The molecule has 1 aliphatic rings. The topological polar surface area (TPSA) is 71.5 Å². The van der Waals surface area contributed by atoms with Crippen LogP contribution in [0, 0.1) is 5.41 Å². The Morgan fingerprint density at radius 2 is 2.20 bits per heavy atom. The van der Waals surface area contributed by atoms with Crippen LogP contribution in [-0.2, 0) is 4.79 Å². The monoisotopic (exact) mass is 279 g/mol. The number of hydrogen-bond acceptors (Lipinski definition) is 4. The van der Waals surface area contributed by atoms with E-state index in [1.165, 1.54) is 12.8 Å². The van der Waals surface area contributed by atoms with E-state index in [1.54, 1.807) is 6.26 Å². The van der Waals surface area contributed by atoms with Gasteiger partial charge in [-0.05, 0) is 51.9 Å². The zero-order chi connectivity index (χ0) is 14.6. The number of amides is 1. The largest absolute Gasteiger partial charge is 0.468 e. The van der Waals surface area contributed by atoms with Gasteiger partial charge in [0, 0.05) is 13.1 Å². The Morgan fingerprint density at radius 1 is 1.50 bits per heavy atom. The van der Waals surface area contributed by atoms with Gasteiger partial charge in [-0.25, -0.2) is 0 Å². The van der Waals surface area contributed by atoms with Crippen LogP contribution in [0.15, 0.2) is 22.8 Å². The minimum atomic E-state index is -0.529. The third kappa shape index (κ3) is 3.41. The highest BCUT2D eigenvalue weighted by atomic mass is 16.3. The summed E-state index contributed by atoms with van der Waals surface area (Å²) in [6.07, 6.45) is 4.10. The van der Waals surface area contributed by atoms with Crippen molar-refractivity contribution in [1.29, 1.82) is 0 Å². The third-order valence-electron chi connectivity index (χ3n) is 4.03. The summed E-state index contributed by atoms with van der Waals surface area (Å²) in [5.41, 5.74) is 5.11. The number of carbonyl (C=O) groups excluding carboxylic acids is 1. The molecular weight excluding hydrogens is 254 g/mol. The molecule has 1 aromatic heterocycles. The van der Waals surface area contributed by atoms with E-state index in [0.29, 0.717) is 13.1 Å². The van der Waals surface area contributed by atoms with E-state index < -0.39 is 5.41 Å². The summed E-state index contributed by atoms with van der Waals surface area (Å²) in [5.74, 6) is 0.911. The van der Waals surface area contributed by atoms with Crippen molar-refractivity contribution in [3.63, 3.8) is 0 Å². The highest BCUT2D eigenvalue weighted by molar-refractivity contribution is 5.82. The van der Waals surface area contributed by atoms with Crippen LogP contribution < -0.4 is 11.1 Å². The second-order valence-corrected chi connectivity index (χ2v) is 6.07. The molecule has 5 heteroatoms. The molecule has 0 radical (unpaired) electrons. The lowest BCUT2D eigenvalue weighted by Gasteiger charge is -2.28. The van der Waals surface area contributed by atoms with Crippen molar-refractivity contribution in [2.24, 2.45) is 11.1 Å². The number of carbonyl (C=O) groups is 1. The maximum absolute atomic E-state index is 12.1. The molecule has 2 rings (SSSR count). The van der Waals surface area contributed by atoms with E-state index in [4.69, 9.17) is 10.2 Å². The summed E-state index contributed by atoms with van der Waals surface area (Å²) in [6.45, 7) is 6.74. The van der Waals surface area contributed by atoms with Crippen LogP contribution in [0.3, 0.4) is 0 Å². The number of nitrogens with zero attached hydrogens (tertiary/aromatic N) is 1. The summed E-state index contributed by atoms with van der Waals surface area (Å²) in [5, 5.41) is 3.02. The molecule has 1 aromatic rings. The Hall–Kier alpha value is -1.33. The molecule has 3 N–H and O–H groups in total. The number of hydrogen-bond donors (Lipinski definition) is 2. The van der Waals surface area contributed by atoms with Crippen LogP contribution in [-0.4, -0.2) is 37.0 Å². The number of nitrogens with one attached hydrogen (secondary N) is 1. The van der Waals surface area contributed by atoms with E-state index in [9.17, 15) is 4.79 Å². The van der Waals surface area contributed by atoms with Crippen LogP contribution in [0.2, 0.25) is 0 Å². The first kappa shape index (κ1) is 15.1. The smallest absolute Gasteiger partial charge is 0.227 e. The Balaban J connectivity index is 2.00. The molecule has 1 amide bonds. The lowest BCUT2D eigenvalue weighted by Crippen LogP contribution is -2.45. The summed E-state index contributed by atoms with van der Waals surface area (Å²) in [7, 11) is 0. The Kier molecular flexibility index (Phi) is 4.83.